The lowest BCUT2D eigenvalue weighted by Crippen LogP contribution is -2.33. The highest BCUT2D eigenvalue weighted by Crippen LogP contribution is 2.31. The molecule has 3 rings (SSSR count). The van der Waals surface area contributed by atoms with Gasteiger partial charge in [0, 0.05) is 18.8 Å². The molecule has 1 aliphatic heterocycles. The lowest BCUT2D eigenvalue weighted by atomic mass is 9.85. The van der Waals surface area contributed by atoms with Crippen molar-refractivity contribution in [3.8, 4) is 0 Å². The van der Waals surface area contributed by atoms with Gasteiger partial charge >= 0.3 is 0 Å². The summed E-state index contributed by atoms with van der Waals surface area (Å²) in [7, 11) is 0. The molecule has 0 atom stereocenters. The van der Waals surface area contributed by atoms with Gasteiger partial charge in [0.25, 0.3) is 0 Å². The fraction of sp³-hybridized carbons (Fsp3) is 0.562. The maximum absolute atomic E-state index is 4.92. The molecule has 0 amide bonds. The van der Waals surface area contributed by atoms with Gasteiger partial charge in [-0.05, 0) is 49.8 Å². The summed E-state index contributed by atoms with van der Waals surface area (Å²) in [4.78, 5) is 7.41. The Morgan fingerprint density at radius 1 is 1.32 bits per heavy atom. The summed E-state index contributed by atoms with van der Waals surface area (Å²) in [5, 5.41) is 1.24. The molecule has 0 bridgehead atoms. The van der Waals surface area contributed by atoms with E-state index in [-0.39, 0.29) is 0 Å². The van der Waals surface area contributed by atoms with Crippen molar-refractivity contribution >= 4 is 22.6 Å². The SMILES string of the molecule is Cc1cccc(/N=C2\SCCN2CC2CCC2)c1C. The van der Waals surface area contributed by atoms with Gasteiger partial charge in [0.1, 0.15) is 0 Å². The van der Waals surface area contributed by atoms with Crippen molar-refractivity contribution in [3.05, 3.63) is 29.3 Å². The van der Waals surface area contributed by atoms with E-state index in [1.165, 1.54) is 54.4 Å². The first-order valence-electron chi connectivity index (χ1n) is 7.26. The number of thioether (sulfide) groups is 1. The second-order valence-electron chi connectivity index (χ2n) is 5.70. The van der Waals surface area contributed by atoms with Gasteiger partial charge in [-0.25, -0.2) is 4.99 Å². The van der Waals surface area contributed by atoms with E-state index in [0.717, 1.165) is 11.6 Å². The average Bonchev–Trinajstić information content (AvgIpc) is 2.77. The molecule has 1 aromatic rings. The van der Waals surface area contributed by atoms with Crippen LogP contribution in [0.5, 0.6) is 0 Å². The topological polar surface area (TPSA) is 15.6 Å². The third-order valence-corrected chi connectivity index (χ3v) is 5.35. The van der Waals surface area contributed by atoms with Crippen LogP contribution in [0, 0.1) is 19.8 Å². The first-order valence-corrected chi connectivity index (χ1v) is 8.25. The first kappa shape index (κ1) is 13.0. The number of benzene rings is 1. The van der Waals surface area contributed by atoms with Crippen molar-refractivity contribution in [1.29, 1.82) is 0 Å². The summed E-state index contributed by atoms with van der Waals surface area (Å²) in [5.41, 5.74) is 3.78. The van der Waals surface area contributed by atoms with Crippen molar-refractivity contribution in [2.75, 3.05) is 18.8 Å². The molecule has 0 aromatic heterocycles. The van der Waals surface area contributed by atoms with Gasteiger partial charge in [0.2, 0.25) is 0 Å². The molecule has 1 heterocycles. The molecule has 19 heavy (non-hydrogen) atoms. The third-order valence-electron chi connectivity index (χ3n) is 4.36. The van der Waals surface area contributed by atoms with Crippen LogP contribution >= 0.6 is 11.8 Å². The van der Waals surface area contributed by atoms with Gasteiger partial charge in [-0.15, -0.1) is 0 Å². The normalized spacial score (nSPS) is 22.0. The van der Waals surface area contributed by atoms with Crippen LogP contribution < -0.4 is 0 Å². The number of aryl methyl sites for hydroxylation is 1. The smallest absolute Gasteiger partial charge is 0.164 e. The van der Waals surface area contributed by atoms with Gasteiger partial charge in [-0.2, -0.15) is 0 Å². The molecule has 2 nitrogen and oxygen atoms in total. The molecular weight excluding hydrogens is 252 g/mol. The second-order valence-corrected chi connectivity index (χ2v) is 6.77. The molecule has 2 aliphatic rings. The van der Waals surface area contributed by atoms with Gasteiger partial charge in [-0.1, -0.05) is 30.3 Å². The lowest BCUT2D eigenvalue weighted by Gasteiger charge is -2.30. The van der Waals surface area contributed by atoms with E-state index in [0.29, 0.717) is 0 Å². The fourth-order valence-corrected chi connectivity index (χ4v) is 3.66. The standard InChI is InChI=1S/C16H22N2S/c1-12-5-3-8-15(13(12)2)17-16-18(9-10-19-16)11-14-6-4-7-14/h3,5,8,14H,4,6-7,9-11H2,1-2H3/b17-16-. The molecule has 1 aromatic carbocycles. The minimum atomic E-state index is 0.919. The van der Waals surface area contributed by atoms with Gasteiger partial charge in [-0.3, -0.25) is 0 Å². The van der Waals surface area contributed by atoms with Crippen LogP contribution in [-0.2, 0) is 0 Å². The third kappa shape index (κ3) is 2.81. The molecule has 3 heteroatoms. The molecule has 0 spiro atoms. The Labute approximate surface area is 120 Å². The van der Waals surface area contributed by atoms with Crippen LogP contribution in [0.2, 0.25) is 0 Å². The van der Waals surface area contributed by atoms with Crippen molar-refractivity contribution in [1.82, 2.24) is 4.90 Å². The Morgan fingerprint density at radius 3 is 2.89 bits per heavy atom. The van der Waals surface area contributed by atoms with Gasteiger partial charge in [0.05, 0.1) is 5.69 Å². The highest BCUT2D eigenvalue weighted by molar-refractivity contribution is 8.14. The van der Waals surface area contributed by atoms with E-state index >= 15 is 0 Å². The molecule has 0 radical (unpaired) electrons. The summed E-state index contributed by atoms with van der Waals surface area (Å²) < 4.78 is 0. The summed E-state index contributed by atoms with van der Waals surface area (Å²) in [6, 6.07) is 6.40. The molecular formula is C16H22N2S. The first-order chi connectivity index (χ1) is 9.24. The number of amidine groups is 1. The summed E-state index contributed by atoms with van der Waals surface area (Å²) in [6.07, 6.45) is 4.25. The quantitative estimate of drug-likeness (QED) is 0.823. The minimum absolute atomic E-state index is 0.919. The number of aliphatic imine (C=N–C) groups is 1. The number of rotatable bonds is 3. The predicted molar refractivity (Wildman–Crippen MR) is 84.4 cm³/mol. The Bertz CT molecular complexity index is 492. The summed E-state index contributed by atoms with van der Waals surface area (Å²) >= 11 is 1.91. The summed E-state index contributed by atoms with van der Waals surface area (Å²) in [5.74, 6) is 2.11. The van der Waals surface area contributed by atoms with E-state index in [1.807, 2.05) is 11.8 Å². The number of hydrogen-bond donors (Lipinski definition) is 0. The highest BCUT2D eigenvalue weighted by atomic mass is 32.2. The van der Waals surface area contributed by atoms with Crippen LogP contribution in [-0.4, -0.2) is 28.9 Å². The molecule has 102 valence electrons. The van der Waals surface area contributed by atoms with Crippen molar-refractivity contribution in [2.45, 2.75) is 33.1 Å². The monoisotopic (exact) mass is 274 g/mol. The molecule has 0 unspecified atom stereocenters. The van der Waals surface area contributed by atoms with Crippen LogP contribution in [0.1, 0.15) is 30.4 Å². The fourth-order valence-electron chi connectivity index (χ4n) is 2.65. The number of hydrogen-bond acceptors (Lipinski definition) is 2. The zero-order valence-electron chi connectivity index (χ0n) is 11.9. The van der Waals surface area contributed by atoms with Gasteiger partial charge in [0.15, 0.2) is 5.17 Å². The zero-order valence-corrected chi connectivity index (χ0v) is 12.7. The van der Waals surface area contributed by atoms with E-state index in [9.17, 15) is 0 Å². The Morgan fingerprint density at radius 2 is 2.16 bits per heavy atom. The Kier molecular flexibility index (Phi) is 3.83. The van der Waals surface area contributed by atoms with Crippen molar-refractivity contribution < 1.29 is 0 Å². The largest absolute Gasteiger partial charge is 0.350 e. The maximum atomic E-state index is 4.92. The molecule has 1 saturated heterocycles. The van der Waals surface area contributed by atoms with Gasteiger partial charge < -0.3 is 4.90 Å². The van der Waals surface area contributed by atoms with Crippen LogP contribution in [0.25, 0.3) is 0 Å². The molecule has 1 aliphatic carbocycles. The lowest BCUT2D eigenvalue weighted by molar-refractivity contribution is 0.250. The van der Waals surface area contributed by atoms with Crippen LogP contribution in [0.15, 0.2) is 23.2 Å². The van der Waals surface area contributed by atoms with Crippen molar-refractivity contribution in [3.63, 3.8) is 0 Å². The highest BCUT2D eigenvalue weighted by Gasteiger charge is 2.26. The average molecular weight is 274 g/mol. The van der Waals surface area contributed by atoms with E-state index in [4.69, 9.17) is 4.99 Å². The van der Waals surface area contributed by atoms with E-state index in [1.54, 1.807) is 0 Å². The Hall–Kier alpha value is -0.960. The summed E-state index contributed by atoms with van der Waals surface area (Å²) in [6.45, 7) is 6.72. The second kappa shape index (κ2) is 5.58. The maximum Gasteiger partial charge on any atom is 0.164 e. The zero-order chi connectivity index (χ0) is 13.2. The van der Waals surface area contributed by atoms with Crippen LogP contribution in [0.4, 0.5) is 5.69 Å². The minimum Gasteiger partial charge on any atom is -0.350 e. The molecule has 0 N–H and O–H groups in total. The Balaban J connectivity index is 1.78. The van der Waals surface area contributed by atoms with E-state index in [2.05, 4.69) is 36.9 Å². The predicted octanol–water partition coefficient (Wildman–Crippen LogP) is 4.14. The van der Waals surface area contributed by atoms with Crippen molar-refractivity contribution in [2.24, 2.45) is 10.9 Å². The van der Waals surface area contributed by atoms with E-state index < -0.39 is 0 Å². The van der Waals surface area contributed by atoms with Crippen LogP contribution in [0.3, 0.4) is 0 Å². The number of nitrogens with zero attached hydrogens (tertiary/aromatic N) is 2. The molecule has 1 saturated carbocycles. The molecule has 2 fully saturated rings.